The predicted octanol–water partition coefficient (Wildman–Crippen LogP) is 1.76. The normalized spacial score (nSPS) is 19.6. The number of carbonyl (C=O) groups is 1. The molecule has 2 atom stereocenters. The van der Waals surface area contributed by atoms with Crippen LogP contribution in [0.15, 0.2) is 30.5 Å². The van der Waals surface area contributed by atoms with E-state index in [1.54, 1.807) is 0 Å². The number of aromatic nitrogens is 2. The summed E-state index contributed by atoms with van der Waals surface area (Å²) in [4.78, 5) is 12.2. The first-order valence-electron chi connectivity index (χ1n) is 7.86. The van der Waals surface area contributed by atoms with Crippen LogP contribution in [0.1, 0.15) is 16.1 Å². The van der Waals surface area contributed by atoms with E-state index in [0.717, 1.165) is 18.3 Å². The van der Waals surface area contributed by atoms with Gasteiger partial charge in [0.1, 0.15) is 11.5 Å². The number of alkyl halides is 3. The lowest BCUT2D eigenvalue weighted by atomic mass is 10.1. The molecule has 11 heteroatoms. The molecule has 1 saturated heterocycles. The van der Waals surface area contributed by atoms with Gasteiger partial charge in [-0.25, -0.2) is 9.07 Å². The van der Waals surface area contributed by atoms with Crippen LogP contribution in [-0.4, -0.2) is 46.5 Å². The molecule has 2 heterocycles. The number of nitrogens with one attached hydrogen (secondary N) is 2. The number of para-hydroxylation sites is 1. The summed E-state index contributed by atoms with van der Waals surface area (Å²) in [5.74, 6) is -2.18. The highest BCUT2D eigenvalue weighted by Gasteiger charge is 2.41. The van der Waals surface area contributed by atoms with Crippen molar-refractivity contribution in [2.75, 3.05) is 19.6 Å². The first-order valence-corrected chi connectivity index (χ1v) is 7.86. The fourth-order valence-corrected chi connectivity index (χ4v) is 2.84. The molecule has 6 nitrogen and oxygen atoms in total. The lowest BCUT2D eigenvalue weighted by molar-refractivity contribution is -0.143. The Hall–Kier alpha value is -2.17. The number of aliphatic hydroxyl groups is 1. The summed E-state index contributed by atoms with van der Waals surface area (Å²) in [6.45, 7) is 0.816. The topological polar surface area (TPSA) is 79.2 Å². The van der Waals surface area contributed by atoms with E-state index in [1.165, 1.54) is 12.1 Å². The highest BCUT2D eigenvalue weighted by atomic mass is 35.5. The van der Waals surface area contributed by atoms with Crippen LogP contribution in [0.2, 0.25) is 0 Å². The Morgan fingerprint density at radius 2 is 2.04 bits per heavy atom. The van der Waals surface area contributed by atoms with Crippen molar-refractivity contribution in [3.05, 3.63) is 47.5 Å². The summed E-state index contributed by atoms with van der Waals surface area (Å²) in [7, 11) is 0. The van der Waals surface area contributed by atoms with Crippen LogP contribution >= 0.6 is 12.4 Å². The summed E-state index contributed by atoms with van der Waals surface area (Å²) in [5.41, 5.74) is -2.47. The van der Waals surface area contributed by atoms with Crippen LogP contribution in [0.4, 0.5) is 17.6 Å². The molecule has 2 aromatic rings. The summed E-state index contributed by atoms with van der Waals surface area (Å²) in [6, 6.07) is 4.85. The molecule has 0 saturated carbocycles. The van der Waals surface area contributed by atoms with E-state index < -0.39 is 40.9 Å². The number of β-amino-alcohol motifs (C(OH)–C–C–N with tert-alkyl or cyclic N) is 1. The molecule has 2 unspecified atom stereocenters. The number of carbonyl (C=O) groups excluding carboxylic acids is 1. The maximum atomic E-state index is 13.9. The third kappa shape index (κ3) is 4.40. The van der Waals surface area contributed by atoms with Gasteiger partial charge in [0.15, 0.2) is 5.69 Å². The van der Waals surface area contributed by atoms with Crippen LogP contribution in [0.3, 0.4) is 0 Å². The minimum Gasteiger partial charge on any atom is -0.391 e. The zero-order chi connectivity index (χ0) is 18.9. The summed E-state index contributed by atoms with van der Waals surface area (Å²) in [5, 5.41) is 18.5. The molecule has 1 aromatic carbocycles. The number of halogens is 5. The molecule has 0 bridgehead atoms. The lowest BCUT2D eigenvalue weighted by Gasteiger charge is -2.15. The third-order valence-electron chi connectivity index (χ3n) is 4.19. The summed E-state index contributed by atoms with van der Waals surface area (Å²) >= 11 is 0. The van der Waals surface area contributed by atoms with E-state index in [0.29, 0.717) is 17.8 Å². The van der Waals surface area contributed by atoms with Crippen molar-refractivity contribution < 1.29 is 27.5 Å². The van der Waals surface area contributed by atoms with Gasteiger partial charge in [-0.05, 0) is 12.1 Å². The Labute approximate surface area is 158 Å². The molecule has 3 rings (SSSR count). The molecule has 1 aliphatic heterocycles. The number of rotatable bonds is 4. The van der Waals surface area contributed by atoms with Crippen LogP contribution in [0, 0.1) is 11.7 Å². The standard InChI is InChI=1S/C16H16F4N4O2.ClH/c17-11-3-1-2-4-12(11)24-14(16(18,19)20)10(7-23-24)15(26)22-6-9-5-21-8-13(9)25;/h1-4,7,9,13,21,25H,5-6,8H2,(H,22,26);1H. The van der Waals surface area contributed by atoms with E-state index in [2.05, 4.69) is 15.7 Å². The monoisotopic (exact) mass is 408 g/mol. The van der Waals surface area contributed by atoms with Crippen molar-refractivity contribution in [3.63, 3.8) is 0 Å². The van der Waals surface area contributed by atoms with Gasteiger partial charge in [0.25, 0.3) is 5.91 Å². The maximum Gasteiger partial charge on any atom is 0.434 e. The molecular weight excluding hydrogens is 392 g/mol. The third-order valence-corrected chi connectivity index (χ3v) is 4.19. The summed E-state index contributed by atoms with van der Waals surface area (Å²) in [6.07, 6.45) is -4.84. The Balaban J connectivity index is 0.00000261. The molecule has 1 fully saturated rings. The van der Waals surface area contributed by atoms with Crippen molar-refractivity contribution >= 4 is 18.3 Å². The number of hydrogen-bond acceptors (Lipinski definition) is 4. The van der Waals surface area contributed by atoms with Crippen molar-refractivity contribution in [3.8, 4) is 5.69 Å². The Morgan fingerprint density at radius 1 is 1.33 bits per heavy atom. The summed E-state index contributed by atoms with van der Waals surface area (Å²) < 4.78 is 54.8. The largest absolute Gasteiger partial charge is 0.434 e. The number of benzene rings is 1. The van der Waals surface area contributed by atoms with Crippen molar-refractivity contribution in [1.82, 2.24) is 20.4 Å². The molecule has 1 amide bonds. The molecule has 0 aliphatic carbocycles. The molecular formula is C16H17ClF4N4O2. The minimum absolute atomic E-state index is 0. The van der Waals surface area contributed by atoms with Gasteiger partial charge in [-0.1, -0.05) is 12.1 Å². The predicted molar refractivity (Wildman–Crippen MR) is 90.5 cm³/mol. The van der Waals surface area contributed by atoms with Gasteiger partial charge in [-0.3, -0.25) is 4.79 Å². The molecule has 1 aliphatic rings. The van der Waals surface area contributed by atoms with Crippen LogP contribution in [-0.2, 0) is 6.18 Å². The van der Waals surface area contributed by atoms with Gasteiger partial charge in [0.2, 0.25) is 0 Å². The van der Waals surface area contributed by atoms with Gasteiger partial charge >= 0.3 is 6.18 Å². The highest BCUT2D eigenvalue weighted by Crippen LogP contribution is 2.34. The number of nitrogens with zero attached hydrogens (tertiary/aromatic N) is 2. The first kappa shape index (κ1) is 21.1. The Morgan fingerprint density at radius 3 is 2.63 bits per heavy atom. The highest BCUT2D eigenvalue weighted by molar-refractivity contribution is 5.95. The van der Waals surface area contributed by atoms with Crippen LogP contribution in [0.25, 0.3) is 5.69 Å². The first-order chi connectivity index (χ1) is 12.3. The van der Waals surface area contributed by atoms with Crippen molar-refractivity contribution in [1.29, 1.82) is 0 Å². The fraction of sp³-hybridized carbons (Fsp3) is 0.375. The molecule has 0 radical (unpaired) electrons. The number of aliphatic hydroxyl groups excluding tert-OH is 1. The van der Waals surface area contributed by atoms with Crippen LogP contribution in [0.5, 0.6) is 0 Å². The van der Waals surface area contributed by atoms with Gasteiger partial charge in [0, 0.05) is 25.6 Å². The SMILES string of the molecule is Cl.O=C(NCC1CNCC1O)c1cnn(-c2ccccc2F)c1C(F)(F)F. The number of amides is 1. The van der Waals surface area contributed by atoms with E-state index in [4.69, 9.17) is 0 Å². The van der Waals surface area contributed by atoms with Gasteiger partial charge in [0.05, 0.1) is 17.9 Å². The molecule has 27 heavy (non-hydrogen) atoms. The number of hydrogen-bond donors (Lipinski definition) is 3. The second-order valence-electron chi connectivity index (χ2n) is 5.96. The molecule has 0 spiro atoms. The quantitative estimate of drug-likeness (QED) is 0.674. The van der Waals surface area contributed by atoms with Crippen molar-refractivity contribution in [2.24, 2.45) is 5.92 Å². The second-order valence-corrected chi connectivity index (χ2v) is 5.96. The van der Waals surface area contributed by atoms with E-state index in [-0.39, 0.29) is 24.9 Å². The Bertz CT molecular complexity index is 812. The van der Waals surface area contributed by atoms with Crippen LogP contribution < -0.4 is 10.6 Å². The molecule has 148 valence electrons. The van der Waals surface area contributed by atoms with E-state index in [9.17, 15) is 27.5 Å². The minimum atomic E-state index is -4.92. The zero-order valence-electron chi connectivity index (χ0n) is 13.8. The van der Waals surface area contributed by atoms with Gasteiger partial charge in [-0.15, -0.1) is 12.4 Å². The van der Waals surface area contributed by atoms with E-state index in [1.807, 2.05) is 0 Å². The maximum absolute atomic E-state index is 13.9. The van der Waals surface area contributed by atoms with E-state index >= 15 is 0 Å². The Kier molecular flexibility index (Phi) is 6.45. The average molecular weight is 409 g/mol. The average Bonchev–Trinajstić information content (AvgIpc) is 3.19. The zero-order valence-corrected chi connectivity index (χ0v) is 14.6. The van der Waals surface area contributed by atoms with Gasteiger partial charge < -0.3 is 15.7 Å². The van der Waals surface area contributed by atoms with Crippen molar-refractivity contribution in [2.45, 2.75) is 12.3 Å². The second kappa shape index (κ2) is 8.24. The lowest BCUT2D eigenvalue weighted by Crippen LogP contribution is -2.35. The van der Waals surface area contributed by atoms with Gasteiger partial charge in [-0.2, -0.15) is 18.3 Å². The smallest absolute Gasteiger partial charge is 0.391 e. The molecule has 3 N–H and O–H groups in total. The fourth-order valence-electron chi connectivity index (χ4n) is 2.84. The molecule has 1 aromatic heterocycles.